The third-order valence-electron chi connectivity index (χ3n) is 6.39. The molecule has 1 fully saturated rings. The minimum Gasteiger partial charge on any atom is -0.461 e. The summed E-state index contributed by atoms with van der Waals surface area (Å²) in [6.07, 6.45) is -2.39. The Morgan fingerprint density at radius 2 is 1.59 bits per heavy atom. The molecule has 2 aromatic carbocycles. The number of carbonyl (C=O) groups excluding carboxylic acids is 3. The number of quaternary nitrogens is 1. The second-order valence-electron chi connectivity index (χ2n) is 8.97. The molecule has 206 valence electrons. The van der Waals surface area contributed by atoms with Gasteiger partial charge in [-0.25, -0.2) is 4.79 Å². The van der Waals surface area contributed by atoms with Crippen LogP contribution in [0, 0.1) is 5.41 Å². The second-order valence-corrected chi connectivity index (χ2v) is 8.97. The molecule has 2 aliphatic heterocycles. The summed E-state index contributed by atoms with van der Waals surface area (Å²) >= 11 is 0. The van der Waals surface area contributed by atoms with Crippen LogP contribution in [0.1, 0.15) is 32.6 Å². The Morgan fingerprint density at radius 3 is 2.18 bits per heavy atom. The molecule has 0 spiro atoms. The van der Waals surface area contributed by atoms with Crippen LogP contribution in [0.2, 0.25) is 0 Å². The van der Waals surface area contributed by atoms with Crippen molar-refractivity contribution in [3.8, 4) is 5.75 Å². The fraction of sp³-hybridized carbons (Fsp3) is 0.333. The molecule has 2 aromatic rings. The van der Waals surface area contributed by atoms with Gasteiger partial charge in [0, 0.05) is 43.0 Å². The van der Waals surface area contributed by atoms with Gasteiger partial charge in [0.15, 0.2) is 0 Å². The average molecular weight is 546 g/mol. The summed E-state index contributed by atoms with van der Waals surface area (Å²) in [5.41, 5.74) is 1.46. The number of hydrogen-bond donors (Lipinski definition) is 2. The van der Waals surface area contributed by atoms with Gasteiger partial charge in [-0.1, -0.05) is 0 Å². The minimum absolute atomic E-state index is 0.0524. The number of alkyl halides is 3. The topological polar surface area (TPSA) is 117 Å². The van der Waals surface area contributed by atoms with Crippen molar-refractivity contribution < 1.29 is 42.3 Å². The number of carbonyl (C=O) groups is 3. The van der Waals surface area contributed by atoms with E-state index in [2.05, 4.69) is 4.74 Å². The summed E-state index contributed by atoms with van der Waals surface area (Å²) in [5.74, 6) is -1.72. The molecule has 1 saturated heterocycles. The van der Waals surface area contributed by atoms with Crippen LogP contribution >= 0.6 is 0 Å². The SMILES string of the molecule is CCOC(=O)C(=N)C1=C([NH2+]c2ccc(OC(F)(F)F)cc2)C(=O)N(c2ccc(N3CCCCC3=O)cc2)CC1. The smallest absolute Gasteiger partial charge is 0.461 e. The Balaban J connectivity index is 1.61. The third kappa shape index (κ3) is 6.63. The first-order valence-electron chi connectivity index (χ1n) is 12.5. The monoisotopic (exact) mass is 545 g/mol. The number of anilines is 2. The summed E-state index contributed by atoms with van der Waals surface area (Å²) < 4.78 is 46.4. The Kier molecular flexibility index (Phi) is 8.34. The van der Waals surface area contributed by atoms with Crippen molar-refractivity contribution in [3.63, 3.8) is 0 Å². The fourth-order valence-electron chi connectivity index (χ4n) is 4.54. The van der Waals surface area contributed by atoms with E-state index in [1.54, 1.807) is 36.1 Å². The lowest BCUT2D eigenvalue weighted by molar-refractivity contribution is -0.512. The van der Waals surface area contributed by atoms with Crippen molar-refractivity contribution >= 4 is 40.6 Å². The Bertz CT molecular complexity index is 1290. The first-order valence-corrected chi connectivity index (χ1v) is 12.5. The maximum atomic E-state index is 13.7. The molecule has 0 atom stereocenters. The van der Waals surface area contributed by atoms with Gasteiger partial charge in [0.1, 0.15) is 17.1 Å². The maximum Gasteiger partial charge on any atom is 0.573 e. The van der Waals surface area contributed by atoms with Crippen LogP contribution in [0.15, 0.2) is 59.8 Å². The standard InChI is InChI=1S/C27H27F3N4O5/c1-2-38-26(37)23(31)21-14-16-34(19-10-8-18(9-11-19)33-15-4-3-5-22(33)35)25(36)24(21)32-17-6-12-20(13-7-17)39-27(28,29)30/h6-13,31-32H,2-5,14-16H2,1H3/p+1. The number of nitrogens with zero attached hydrogens (tertiary/aromatic N) is 2. The number of esters is 1. The molecule has 9 nitrogen and oxygen atoms in total. The Morgan fingerprint density at radius 1 is 0.949 bits per heavy atom. The minimum atomic E-state index is -4.84. The average Bonchev–Trinajstić information content (AvgIpc) is 2.90. The molecule has 12 heteroatoms. The van der Waals surface area contributed by atoms with Crippen LogP contribution in [0.3, 0.4) is 0 Å². The van der Waals surface area contributed by atoms with Gasteiger partial charge < -0.3 is 19.3 Å². The Hall–Kier alpha value is -4.19. The number of halogens is 3. The van der Waals surface area contributed by atoms with Gasteiger partial charge >= 0.3 is 18.2 Å². The van der Waals surface area contributed by atoms with E-state index in [1.165, 1.54) is 22.3 Å². The molecule has 2 amide bonds. The summed E-state index contributed by atoms with van der Waals surface area (Å²) in [7, 11) is 0. The number of hydrogen-bond acceptors (Lipinski definition) is 6. The van der Waals surface area contributed by atoms with Gasteiger partial charge in [-0.2, -0.15) is 0 Å². The van der Waals surface area contributed by atoms with Gasteiger partial charge in [0.2, 0.25) is 11.6 Å². The summed E-state index contributed by atoms with van der Waals surface area (Å²) in [6.45, 7) is 2.48. The van der Waals surface area contributed by atoms with Crippen molar-refractivity contribution in [2.45, 2.75) is 39.0 Å². The highest BCUT2D eigenvalue weighted by molar-refractivity contribution is 6.43. The van der Waals surface area contributed by atoms with Crippen molar-refractivity contribution in [1.29, 1.82) is 5.41 Å². The number of amides is 2. The van der Waals surface area contributed by atoms with E-state index in [-0.39, 0.29) is 36.7 Å². The number of nitrogens with two attached hydrogens (primary N) is 1. The first kappa shape index (κ1) is 27.8. The zero-order chi connectivity index (χ0) is 28.2. The predicted octanol–water partition coefficient (Wildman–Crippen LogP) is 3.57. The molecule has 39 heavy (non-hydrogen) atoms. The van der Waals surface area contributed by atoms with Crippen LogP contribution in [0.4, 0.5) is 30.2 Å². The van der Waals surface area contributed by atoms with Crippen LogP contribution in [0.25, 0.3) is 0 Å². The molecule has 2 aliphatic rings. The number of piperidine rings is 1. The quantitative estimate of drug-likeness (QED) is 0.299. The van der Waals surface area contributed by atoms with Crippen molar-refractivity contribution in [2.24, 2.45) is 0 Å². The van der Waals surface area contributed by atoms with Crippen LogP contribution in [-0.2, 0) is 19.1 Å². The van der Waals surface area contributed by atoms with E-state index in [0.717, 1.165) is 30.7 Å². The molecule has 0 saturated carbocycles. The van der Waals surface area contributed by atoms with Gasteiger partial charge in [-0.3, -0.25) is 20.3 Å². The molecular formula is C27H28F3N4O5+. The zero-order valence-corrected chi connectivity index (χ0v) is 21.2. The van der Waals surface area contributed by atoms with E-state index in [9.17, 15) is 27.6 Å². The third-order valence-corrected chi connectivity index (χ3v) is 6.39. The Labute approximate surface area is 222 Å². The van der Waals surface area contributed by atoms with Gasteiger partial charge in [-0.15, -0.1) is 13.2 Å². The normalized spacial score (nSPS) is 16.4. The number of benzene rings is 2. The largest absolute Gasteiger partial charge is 0.573 e. The summed E-state index contributed by atoms with van der Waals surface area (Å²) in [6, 6.07) is 11.9. The number of rotatable bonds is 8. The lowest BCUT2D eigenvalue weighted by atomic mass is 9.98. The van der Waals surface area contributed by atoms with E-state index in [4.69, 9.17) is 10.1 Å². The van der Waals surface area contributed by atoms with Gasteiger partial charge in [0.05, 0.1) is 12.2 Å². The molecule has 3 N–H and O–H groups in total. The van der Waals surface area contributed by atoms with E-state index < -0.39 is 29.7 Å². The fourth-order valence-corrected chi connectivity index (χ4v) is 4.54. The molecule has 4 rings (SSSR count). The summed E-state index contributed by atoms with van der Waals surface area (Å²) in [5, 5.41) is 9.76. The van der Waals surface area contributed by atoms with Crippen molar-refractivity contribution in [3.05, 3.63) is 59.8 Å². The molecule has 0 unspecified atom stereocenters. The lowest BCUT2D eigenvalue weighted by Crippen LogP contribution is -2.80. The van der Waals surface area contributed by atoms with Crippen LogP contribution < -0.4 is 19.9 Å². The molecule has 2 heterocycles. The molecule has 0 radical (unpaired) electrons. The number of nitrogens with one attached hydrogen (secondary N) is 1. The van der Waals surface area contributed by atoms with Crippen molar-refractivity contribution in [1.82, 2.24) is 0 Å². The molecule has 0 aliphatic carbocycles. The molecule has 0 aromatic heterocycles. The zero-order valence-electron chi connectivity index (χ0n) is 21.2. The van der Waals surface area contributed by atoms with Crippen LogP contribution in [-0.4, -0.2) is 49.6 Å². The van der Waals surface area contributed by atoms with Crippen molar-refractivity contribution in [2.75, 3.05) is 29.5 Å². The highest BCUT2D eigenvalue weighted by atomic mass is 19.4. The van der Waals surface area contributed by atoms with E-state index >= 15 is 0 Å². The van der Waals surface area contributed by atoms with E-state index in [0.29, 0.717) is 24.3 Å². The summed E-state index contributed by atoms with van der Waals surface area (Å²) in [4.78, 5) is 41.5. The number of ether oxygens (including phenoxy) is 2. The predicted molar refractivity (Wildman–Crippen MR) is 136 cm³/mol. The first-order chi connectivity index (χ1) is 18.6. The molecular weight excluding hydrogens is 517 g/mol. The second kappa shape index (κ2) is 11.7. The van der Waals surface area contributed by atoms with Gasteiger partial charge in [0.25, 0.3) is 0 Å². The lowest BCUT2D eigenvalue weighted by Gasteiger charge is -2.30. The maximum absolute atomic E-state index is 13.7. The van der Waals surface area contributed by atoms with Gasteiger partial charge in [-0.05, 0) is 62.6 Å². The highest BCUT2D eigenvalue weighted by Crippen LogP contribution is 2.28. The highest BCUT2D eigenvalue weighted by Gasteiger charge is 2.36. The van der Waals surface area contributed by atoms with Crippen LogP contribution in [0.5, 0.6) is 5.75 Å². The van der Waals surface area contributed by atoms with E-state index in [1.807, 2.05) is 0 Å². The molecule has 0 bridgehead atoms.